The molecule has 4 heteroatoms. The summed E-state index contributed by atoms with van der Waals surface area (Å²) in [6.07, 6.45) is 4.21. The molecule has 0 unspecified atom stereocenters. The molecule has 1 aromatic rings. The molecule has 1 rings (SSSR count). The molecule has 20 heavy (non-hydrogen) atoms. The van der Waals surface area contributed by atoms with Gasteiger partial charge in [-0.2, -0.15) is 0 Å². The van der Waals surface area contributed by atoms with E-state index in [1.165, 1.54) is 23.5 Å². The first-order valence-corrected chi connectivity index (χ1v) is 9.11. The Morgan fingerprint density at radius 3 is 1.60 bits per heavy atom. The predicted molar refractivity (Wildman–Crippen MR) is 89.8 cm³/mol. The van der Waals surface area contributed by atoms with Gasteiger partial charge in [-0.1, -0.05) is 62.3 Å². The van der Waals surface area contributed by atoms with E-state index in [4.69, 9.17) is 0 Å². The molecule has 0 spiro atoms. The largest absolute Gasteiger partial charge is 0.282 e. The third-order valence-electron chi connectivity index (χ3n) is 2.83. The lowest BCUT2D eigenvalue weighted by molar-refractivity contribution is 0.106. The molecule has 0 N–H and O–H groups in total. The van der Waals surface area contributed by atoms with Crippen LogP contribution < -0.4 is 0 Å². The molecule has 110 valence electrons. The maximum Gasteiger partial charge on any atom is 0.220 e. The van der Waals surface area contributed by atoms with Gasteiger partial charge in [0.1, 0.15) is 0 Å². The third kappa shape index (κ3) is 5.71. The fraction of sp³-hybridized carbons (Fsp3) is 0.500. The number of hydrogen-bond acceptors (Lipinski definition) is 4. The molecular weight excluding hydrogens is 288 g/mol. The minimum absolute atomic E-state index is 0.0125. The van der Waals surface area contributed by atoms with Crippen molar-refractivity contribution in [1.82, 2.24) is 0 Å². The molecule has 2 nitrogen and oxygen atoms in total. The van der Waals surface area contributed by atoms with Crippen LogP contribution in [0, 0.1) is 0 Å². The van der Waals surface area contributed by atoms with Crippen LogP contribution in [0.2, 0.25) is 0 Å². The van der Waals surface area contributed by atoms with Crippen LogP contribution in [0.5, 0.6) is 0 Å². The van der Waals surface area contributed by atoms with Crippen LogP contribution >= 0.6 is 23.5 Å². The molecule has 0 fully saturated rings. The van der Waals surface area contributed by atoms with Crippen molar-refractivity contribution in [3.63, 3.8) is 0 Å². The first-order valence-electron chi connectivity index (χ1n) is 7.14. The van der Waals surface area contributed by atoms with Crippen LogP contribution in [0.1, 0.15) is 60.2 Å². The van der Waals surface area contributed by atoms with Crippen molar-refractivity contribution in [2.75, 3.05) is 11.5 Å². The normalized spacial score (nSPS) is 10.5. The van der Waals surface area contributed by atoms with Gasteiger partial charge in [-0.05, 0) is 25.0 Å². The Balaban J connectivity index is 2.71. The quantitative estimate of drug-likeness (QED) is 0.630. The second kappa shape index (κ2) is 10.1. The van der Waals surface area contributed by atoms with E-state index in [0.29, 0.717) is 11.1 Å². The van der Waals surface area contributed by atoms with Crippen molar-refractivity contribution in [3.8, 4) is 0 Å². The minimum atomic E-state index is 0.0125. The summed E-state index contributed by atoms with van der Waals surface area (Å²) in [6.45, 7) is 4.21. The standard InChI is InChI=1S/C16H22O2S2/c1-3-5-11-19-15(17)13-9-7-8-10-14(13)16(18)20-12-6-4-2/h7-10H,3-6,11-12H2,1-2H3. The zero-order valence-electron chi connectivity index (χ0n) is 12.2. The van der Waals surface area contributed by atoms with Crippen LogP contribution in [0.4, 0.5) is 0 Å². The number of hydrogen-bond donors (Lipinski definition) is 0. The summed E-state index contributed by atoms with van der Waals surface area (Å²) in [5.41, 5.74) is 1.12. The summed E-state index contributed by atoms with van der Waals surface area (Å²) >= 11 is 2.63. The summed E-state index contributed by atoms with van der Waals surface area (Å²) < 4.78 is 0. The Morgan fingerprint density at radius 1 is 0.850 bits per heavy atom. The monoisotopic (exact) mass is 310 g/mol. The predicted octanol–water partition coefficient (Wildman–Crippen LogP) is 5.03. The zero-order chi connectivity index (χ0) is 14.8. The SMILES string of the molecule is CCCCSC(=O)c1ccccc1C(=O)SCCCC. The maximum absolute atomic E-state index is 12.2. The fourth-order valence-electron chi connectivity index (χ4n) is 1.61. The lowest BCUT2D eigenvalue weighted by atomic mass is 10.1. The van der Waals surface area contributed by atoms with Gasteiger partial charge in [0.15, 0.2) is 0 Å². The number of unbranched alkanes of at least 4 members (excludes halogenated alkanes) is 2. The first kappa shape index (κ1) is 17.3. The summed E-state index contributed by atoms with van der Waals surface area (Å²) in [5, 5.41) is 0.0250. The van der Waals surface area contributed by atoms with Gasteiger partial charge in [-0.3, -0.25) is 9.59 Å². The van der Waals surface area contributed by atoms with Gasteiger partial charge in [-0.15, -0.1) is 0 Å². The molecule has 0 heterocycles. The van der Waals surface area contributed by atoms with Gasteiger partial charge >= 0.3 is 0 Å². The number of carbonyl (C=O) groups excluding carboxylic acids is 2. The van der Waals surface area contributed by atoms with Gasteiger partial charge in [0.25, 0.3) is 0 Å². The Bertz CT molecular complexity index is 403. The second-order valence-corrected chi connectivity index (χ2v) is 6.66. The van der Waals surface area contributed by atoms with E-state index in [9.17, 15) is 9.59 Å². The van der Waals surface area contributed by atoms with Crippen LogP contribution in [-0.2, 0) is 0 Å². The molecule has 0 bridgehead atoms. The fourth-order valence-corrected chi connectivity index (χ4v) is 3.52. The zero-order valence-corrected chi connectivity index (χ0v) is 13.8. The molecule has 0 aromatic heterocycles. The van der Waals surface area contributed by atoms with Gasteiger partial charge in [0.05, 0.1) is 0 Å². The molecule has 1 aromatic carbocycles. The molecular formula is C16H22O2S2. The smallest absolute Gasteiger partial charge is 0.220 e. The summed E-state index contributed by atoms with van der Waals surface area (Å²) in [6, 6.07) is 7.16. The first-order chi connectivity index (χ1) is 9.70. The van der Waals surface area contributed by atoms with Crippen LogP contribution in [-0.4, -0.2) is 21.7 Å². The van der Waals surface area contributed by atoms with Crippen molar-refractivity contribution in [2.45, 2.75) is 39.5 Å². The van der Waals surface area contributed by atoms with E-state index in [-0.39, 0.29) is 10.2 Å². The van der Waals surface area contributed by atoms with Gasteiger partial charge in [-0.25, -0.2) is 0 Å². The van der Waals surface area contributed by atoms with Gasteiger partial charge in [0.2, 0.25) is 10.2 Å². The molecule has 0 aliphatic heterocycles. The molecule has 0 saturated heterocycles. The highest BCUT2D eigenvalue weighted by atomic mass is 32.2. The van der Waals surface area contributed by atoms with E-state index in [0.717, 1.165) is 37.2 Å². The molecule has 0 radical (unpaired) electrons. The highest BCUT2D eigenvalue weighted by Gasteiger charge is 2.16. The molecule has 0 atom stereocenters. The second-order valence-electron chi connectivity index (χ2n) is 4.52. The van der Waals surface area contributed by atoms with E-state index < -0.39 is 0 Å². The summed E-state index contributed by atoms with van der Waals surface area (Å²) in [5.74, 6) is 1.64. The Labute approximate surface area is 130 Å². The summed E-state index contributed by atoms with van der Waals surface area (Å²) in [4.78, 5) is 24.4. The number of carbonyl (C=O) groups is 2. The highest BCUT2D eigenvalue weighted by Crippen LogP contribution is 2.22. The van der Waals surface area contributed by atoms with Crippen LogP contribution in [0.3, 0.4) is 0 Å². The number of rotatable bonds is 8. The van der Waals surface area contributed by atoms with E-state index in [2.05, 4.69) is 13.8 Å². The molecule has 0 aliphatic rings. The van der Waals surface area contributed by atoms with Crippen molar-refractivity contribution >= 4 is 33.8 Å². The van der Waals surface area contributed by atoms with Crippen molar-refractivity contribution in [2.24, 2.45) is 0 Å². The lowest BCUT2D eigenvalue weighted by Crippen LogP contribution is -2.05. The summed E-state index contributed by atoms with van der Waals surface area (Å²) in [7, 11) is 0. The lowest BCUT2D eigenvalue weighted by Gasteiger charge is -2.07. The number of thioether (sulfide) groups is 2. The minimum Gasteiger partial charge on any atom is -0.282 e. The Morgan fingerprint density at radius 2 is 1.25 bits per heavy atom. The maximum atomic E-state index is 12.2. The Hall–Kier alpha value is -0.740. The van der Waals surface area contributed by atoms with E-state index in [1.807, 2.05) is 12.1 Å². The molecule has 0 aliphatic carbocycles. The topological polar surface area (TPSA) is 34.1 Å². The number of benzene rings is 1. The average molecular weight is 310 g/mol. The van der Waals surface area contributed by atoms with Gasteiger partial charge in [0, 0.05) is 22.6 Å². The van der Waals surface area contributed by atoms with Crippen LogP contribution in [0.15, 0.2) is 24.3 Å². The highest BCUT2D eigenvalue weighted by molar-refractivity contribution is 8.14. The van der Waals surface area contributed by atoms with Gasteiger partial charge < -0.3 is 0 Å². The Kier molecular flexibility index (Phi) is 8.70. The third-order valence-corrected chi connectivity index (χ3v) is 4.78. The molecule has 0 amide bonds. The van der Waals surface area contributed by atoms with E-state index in [1.54, 1.807) is 12.1 Å². The van der Waals surface area contributed by atoms with Crippen molar-refractivity contribution in [3.05, 3.63) is 35.4 Å². The van der Waals surface area contributed by atoms with Crippen molar-refractivity contribution in [1.29, 1.82) is 0 Å². The average Bonchev–Trinajstić information content (AvgIpc) is 2.47. The van der Waals surface area contributed by atoms with Crippen molar-refractivity contribution < 1.29 is 9.59 Å². The van der Waals surface area contributed by atoms with Crippen LogP contribution in [0.25, 0.3) is 0 Å². The van der Waals surface area contributed by atoms with E-state index >= 15 is 0 Å². The molecule has 0 saturated carbocycles.